The number of nitrogens with two attached hydrogens (primary N) is 2. The second kappa shape index (κ2) is 7.48. The number of rotatable bonds is 1. The lowest BCUT2D eigenvalue weighted by Gasteiger charge is -1.83. The number of hydrogen-bond donors (Lipinski definition) is 2. The van der Waals surface area contributed by atoms with Crippen LogP contribution in [0.15, 0.2) is 12.8 Å². The molecule has 0 bridgehead atoms. The van der Waals surface area contributed by atoms with E-state index in [0.717, 1.165) is 6.26 Å². The summed E-state index contributed by atoms with van der Waals surface area (Å²) in [5.74, 6) is -0.329. The van der Waals surface area contributed by atoms with Gasteiger partial charge in [0.15, 0.2) is 0 Å². The van der Waals surface area contributed by atoms with Gasteiger partial charge >= 0.3 is 12.0 Å². The minimum atomic E-state index is -0.833. The molecule has 0 unspecified atom stereocenters. The van der Waals surface area contributed by atoms with Crippen LogP contribution >= 0.6 is 0 Å². The van der Waals surface area contributed by atoms with Gasteiger partial charge in [-0.15, -0.1) is 0 Å². The predicted octanol–water partition coefficient (Wildman–Crippen LogP) is -0.283. The van der Waals surface area contributed by atoms with Gasteiger partial charge in [0.2, 0.25) is 0 Å². The van der Waals surface area contributed by atoms with Gasteiger partial charge in [-0.3, -0.25) is 4.79 Å². The molecule has 0 aromatic carbocycles. The fourth-order valence-electron chi connectivity index (χ4n) is 0.117. The Balaban J connectivity index is 0. The van der Waals surface area contributed by atoms with Crippen molar-refractivity contribution in [3.63, 3.8) is 0 Å². The molecule has 0 saturated carbocycles. The molecule has 5 nitrogen and oxygen atoms in total. The van der Waals surface area contributed by atoms with E-state index < -0.39 is 6.03 Å². The third-order valence-electron chi connectivity index (χ3n) is 0.249. The molecule has 0 aromatic rings. The molecule has 0 aliphatic heterocycles. The van der Waals surface area contributed by atoms with Crippen molar-refractivity contribution in [1.29, 1.82) is 0 Å². The average molecular weight is 146 g/mol. The molecule has 0 saturated heterocycles. The number of carbonyl (C=O) groups is 2. The van der Waals surface area contributed by atoms with Gasteiger partial charge in [-0.1, -0.05) is 6.58 Å². The van der Waals surface area contributed by atoms with E-state index in [2.05, 4.69) is 22.8 Å². The maximum Gasteiger partial charge on any atom is 0.309 e. The van der Waals surface area contributed by atoms with Crippen molar-refractivity contribution in [2.24, 2.45) is 11.5 Å². The van der Waals surface area contributed by atoms with Crippen LogP contribution in [0, 0.1) is 0 Å². The maximum absolute atomic E-state index is 9.75. The molecule has 0 radical (unpaired) electrons. The van der Waals surface area contributed by atoms with Gasteiger partial charge in [0.05, 0.1) is 6.26 Å². The molecule has 0 atom stereocenters. The van der Waals surface area contributed by atoms with Gasteiger partial charge in [0, 0.05) is 6.92 Å². The van der Waals surface area contributed by atoms with E-state index in [0.29, 0.717) is 0 Å². The molecule has 58 valence electrons. The quantitative estimate of drug-likeness (QED) is 0.393. The summed E-state index contributed by atoms with van der Waals surface area (Å²) < 4.78 is 4.17. The van der Waals surface area contributed by atoms with Crippen LogP contribution in [0.1, 0.15) is 6.92 Å². The summed E-state index contributed by atoms with van der Waals surface area (Å²) in [6.45, 7) is 4.48. The molecule has 5 heteroatoms. The summed E-state index contributed by atoms with van der Waals surface area (Å²) in [4.78, 5) is 18.8. The molecule has 0 aliphatic carbocycles. The van der Waals surface area contributed by atoms with E-state index in [9.17, 15) is 4.79 Å². The van der Waals surface area contributed by atoms with Crippen molar-refractivity contribution >= 4 is 12.0 Å². The van der Waals surface area contributed by atoms with E-state index in [1.807, 2.05) is 0 Å². The molecule has 0 heterocycles. The number of esters is 1. The number of carbonyl (C=O) groups excluding carboxylic acids is 2. The number of primary amides is 2. The molecular weight excluding hydrogens is 136 g/mol. The molecule has 0 rings (SSSR count). The molecule has 0 fully saturated rings. The zero-order chi connectivity index (χ0) is 8.57. The minimum Gasteiger partial charge on any atom is -0.435 e. The van der Waals surface area contributed by atoms with Crippen molar-refractivity contribution in [3.8, 4) is 0 Å². The van der Waals surface area contributed by atoms with Gasteiger partial charge in [-0.25, -0.2) is 4.79 Å². The summed E-state index contributed by atoms with van der Waals surface area (Å²) in [7, 11) is 0. The number of hydrogen-bond acceptors (Lipinski definition) is 3. The summed E-state index contributed by atoms with van der Waals surface area (Å²) in [6.07, 6.45) is 1.10. The number of amides is 2. The van der Waals surface area contributed by atoms with Gasteiger partial charge in [-0.2, -0.15) is 0 Å². The van der Waals surface area contributed by atoms with E-state index >= 15 is 0 Å². The highest BCUT2D eigenvalue weighted by atomic mass is 16.5. The summed E-state index contributed by atoms with van der Waals surface area (Å²) in [6, 6.07) is -0.833. The SMILES string of the molecule is C=COC(C)=O.NC(N)=O. The zero-order valence-electron chi connectivity index (χ0n) is 5.66. The lowest BCUT2D eigenvalue weighted by molar-refractivity contribution is -0.135. The van der Waals surface area contributed by atoms with Crippen LogP contribution in [-0.4, -0.2) is 12.0 Å². The molecule has 0 spiro atoms. The Morgan fingerprint density at radius 1 is 1.50 bits per heavy atom. The van der Waals surface area contributed by atoms with Crippen LogP contribution in [0.4, 0.5) is 4.79 Å². The van der Waals surface area contributed by atoms with Gasteiger partial charge in [0.25, 0.3) is 0 Å². The fourth-order valence-corrected chi connectivity index (χ4v) is 0.117. The molecule has 4 N–H and O–H groups in total. The van der Waals surface area contributed by atoms with E-state index in [1.54, 1.807) is 0 Å². The predicted molar refractivity (Wildman–Crippen MR) is 35.7 cm³/mol. The second-order valence-corrected chi connectivity index (χ2v) is 1.18. The summed E-state index contributed by atoms with van der Waals surface area (Å²) >= 11 is 0. The van der Waals surface area contributed by atoms with Crippen molar-refractivity contribution in [2.75, 3.05) is 0 Å². The monoisotopic (exact) mass is 146 g/mol. The Kier molecular flexibility index (Phi) is 8.45. The van der Waals surface area contributed by atoms with Gasteiger partial charge in [0.1, 0.15) is 0 Å². The van der Waals surface area contributed by atoms with E-state index in [-0.39, 0.29) is 5.97 Å². The van der Waals surface area contributed by atoms with Crippen molar-refractivity contribution < 1.29 is 14.3 Å². The van der Waals surface area contributed by atoms with E-state index in [1.165, 1.54) is 6.92 Å². The highest BCUT2D eigenvalue weighted by Crippen LogP contribution is 1.70. The standard InChI is InChI=1S/C4H6O2.CH4N2O/c1-3-6-4(2)5;2-1(3)4/h3H,1H2,2H3;(H4,2,3,4). The van der Waals surface area contributed by atoms with Crippen molar-refractivity contribution in [1.82, 2.24) is 0 Å². The normalized spacial score (nSPS) is 6.50. The average Bonchev–Trinajstić information content (AvgIpc) is 1.62. The first-order chi connectivity index (χ1) is 4.50. The lowest BCUT2D eigenvalue weighted by atomic mass is 10.8. The lowest BCUT2D eigenvalue weighted by Crippen LogP contribution is -2.18. The van der Waals surface area contributed by atoms with Crippen molar-refractivity contribution in [2.45, 2.75) is 6.92 Å². The highest BCUT2D eigenvalue weighted by Gasteiger charge is 1.79. The topological polar surface area (TPSA) is 95.4 Å². The summed E-state index contributed by atoms with van der Waals surface area (Å²) in [5.41, 5.74) is 8.50. The third kappa shape index (κ3) is 88.8. The van der Waals surface area contributed by atoms with Crippen LogP contribution in [0.25, 0.3) is 0 Å². The van der Waals surface area contributed by atoms with Crippen LogP contribution in [0.3, 0.4) is 0 Å². The fraction of sp³-hybridized carbons (Fsp3) is 0.200. The Hall–Kier alpha value is -1.52. The molecule has 0 aromatic heterocycles. The van der Waals surface area contributed by atoms with E-state index in [4.69, 9.17) is 4.79 Å². The Morgan fingerprint density at radius 2 is 1.80 bits per heavy atom. The molecule has 2 amide bonds. The Labute approximate surface area is 58.6 Å². The molecule has 10 heavy (non-hydrogen) atoms. The van der Waals surface area contributed by atoms with Crippen LogP contribution in [0.5, 0.6) is 0 Å². The first kappa shape index (κ1) is 11.3. The number of urea groups is 1. The smallest absolute Gasteiger partial charge is 0.309 e. The first-order valence-corrected chi connectivity index (χ1v) is 2.33. The highest BCUT2D eigenvalue weighted by molar-refractivity contribution is 5.69. The van der Waals surface area contributed by atoms with Gasteiger partial charge in [-0.05, 0) is 0 Å². The van der Waals surface area contributed by atoms with Gasteiger partial charge < -0.3 is 16.2 Å². The summed E-state index contributed by atoms with van der Waals surface area (Å²) in [5, 5.41) is 0. The van der Waals surface area contributed by atoms with Crippen LogP contribution < -0.4 is 11.5 Å². The molecule has 0 aliphatic rings. The van der Waals surface area contributed by atoms with Crippen LogP contribution in [0.2, 0.25) is 0 Å². The minimum absolute atomic E-state index is 0.329. The third-order valence-corrected chi connectivity index (χ3v) is 0.249. The van der Waals surface area contributed by atoms with Crippen LogP contribution in [-0.2, 0) is 9.53 Å². The molecular formula is C5H10N2O3. The number of ether oxygens (including phenoxy) is 1. The van der Waals surface area contributed by atoms with Crippen molar-refractivity contribution in [3.05, 3.63) is 12.8 Å². The zero-order valence-corrected chi connectivity index (χ0v) is 5.66. The first-order valence-electron chi connectivity index (χ1n) is 2.33. The Bertz CT molecular complexity index is 129. The largest absolute Gasteiger partial charge is 0.435 e. The second-order valence-electron chi connectivity index (χ2n) is 1.18. The maximum atomic E-state index is 9.75. The Morgan fingerprint density at radius 3 is 1.80 bits per heavy atom.